The van der Waals surface area contributed by atoms with E-state index in [-0.39, 0.29) is 5.78 Å². The zero-order chi connectivity index (χ0) is 24.8. The smallest absolute Gasteiger partial charge is 0.166 e. The maximum absolute atomic E-state index is 13.2. The van der Waals surface area contributed by atoms with Crippen LogP contribution in [0.5, 0.6) is 23.0 Å². The highest BCUT2D eigenvalue weighted by Gasteiger charge is 2.28. The Morgan fingerprint density at radius 3 is 2.49 bits per heavy atom. The molecule has 188 valence electrons. The summed E-state index contributed by atoms with van der Waals surface area (Å²) in [6.45, 7) is 7.79. The summed E-state index contributed by atoms with van der Waals surface area (Å²) in [6, 6.07) is 9.55. The van der Waals surface area contributed by atoms with Gasteiger partial charge in [0.05, 0.1) is 25.3 Å². The quantitative estimate of drug-likeness (QED) is 0.416. The fourth-order valence-electron chi connectivity index (χ4n) is 4.68. The minimum Gasteiger partial charge on any atom is -0.496 e. The zero-order valence-corrected chi connectivity index (χ0v) is 21.4. The largest absolute Gasteiger partial charge is 0.496 e. The molecule has 0 aliphatic carbocycles. The standard InChI is InChI=1S/C29H37NO5/c1-29(2)15-14-23-25(32-3)13-10-22(28(23)35-29)24(31)11-8-21-9-12-26(33-4)27(20-21)34-19-18-30-16-6-5-7-17-30/h9-10,12-15,20H,5-8,11,16-19H2,1-4H3. The SMILES string of the molecule is COc1ccc(CCC(=O)c2ccc(OC)c3c2OC(C)(C)C=C3)cc1OCCN1CCCCC1. The number of hydrogen-bond donors (Lipinski definition) is 0. The van der Waals surface area contributed by atoms with Crippen LogP contribution >= 0.6 is 0 Å². The van der Waals surface area contributed by atoms with Crippen LogP contribution < -0.4 is 18.9 Å². The summed E-state index contributed by atoms with van der Waals surface area (Å²) in [5.74, 6) is 2.78. The number of benzene rings is 2. The van der Waals surface area contributed by atoms with Gasteiger partial charge in [-0.3, -0.25) is 9.69 Å². The number of ether oxygens (including phenoxy) is 4. The van der Waals surface area contributed by atoms with Crippen LogP contribution in [0.2, 0.25) is 0 Å². The number of Topliss-reactive ketones (excluding diaryl/α,β-unsaturated/α-hetero) is 1. The lowest BCUT2D eigenvalue weighted by atomic mass is 9.95. The van der Waals surface area contributed by atoms with Crippen LogP contribution in [0.4, 0.5) is 0 Å². The Balaban J connectivity index is 1.42. The number of nitrogens with zero attached hydrogens (tertiary/aromatic N) is 1. The van der Waals surface area contributed by atoms with Crippen LogP contribution in [-0.2, 0) is 6.42 Å². The predicted octanol–water partition coefficient (Wildman–Crippen LogP) is 5.57. The van der Waals surface area contributed by atoms with Gasteiger partial charge in [0, 0.05) is 13.0 Å². The third-order valence-electron chi connectivity index (χ3n) is 6.68. The van der Waals surface area contributed by atoms with E-state index in [9.17, 15) is 4.79 Å². The number of carbonyl (C=O) groups is 1. The number of likely N-dealkylation sites (tertiary alicyclic amines) is 1. The topological polar surface area (TPSA) is 57.2 Å². The molecule has 0 spiro atoms. The van der Waals surface area contributed by atoms with E-state index in [0.29, 0.717) is 42.3 Å². The molecule has 6 nitrogen and oxygen atoms in total. The van der Waals surface area contributed by atoms with Crippen molar-refractivity contribution in [2.75, 3.05) is 40.5 Å². The number of piperidine rings is 1. The van der Waals surface area contributed by atoms with E-state index < -0.39 is 5.60 Å². The minimum atomic E-state index is -0.481. The highest BCUT2D eigenvalue weighted by atomic mass is 16.5. The maximum Gasteiger partial charge on any atom is 0.166 e. The van der Waals surface area contributed by atoms with Crippen LogP contribution in [0.1, 0.15) is 61.0 Å². The predicted molar refractivity (Wildman–Crippen MR) is 138 cm³/mol. The number of carbonyl (C=O) groups excluding carboxylic acids is 1. The van der Waals surface area contributed by atoms with Gasteiger partial charge < -0.3 is 18.9 Å². The second kappa shape index (κ2) is 11.2. The monoisotopic (exact) mass is 479 g/mol. The molecule has 2 heterocycles. The van der Waals surface area contributed by atoms with Crippen LogP contribution in [0.25, 0.3) is 6.08 Å². The molecule has 0 unspecified atom stereocenters. The first-order valence-corrected chi connectivity index (χ1v) is 12.5. The number of fused-ring (bicyclic) bond motifs is 1. The molecule has 35 heavy (non-hydrogen) atoms. The van der Waals surface area contributed by atoms with E-state index in [4.69, 9.17) is 18.9 Å². The molecule has 0 atom stereocenters. The molecule has 2 aromatic rings. The Hall–Kier alpha value is -2.99. The molecule has 0 N–H and O–H groups in total. The van der Waals surface area contributed by atoms with E-state index in [2.05, 4.69) is 4.90 Å². The molecule has 4 rings (SSSR count). The van der Waals surface area contributed by atoms with E-state index in [0.717, 1.165) is 36.5 Å². The van der Waals surface area contributed by atoms with E-state index in [1.807, 2.05) is 50.3 Å². The van der Waals surface area contributed by atoms with E-state index in [1.165, 1.54) is 19.3 Å². The van der Waals surface area contributed by atoms with Gasteiger partial charge in [-0.05, 0) is 88.2 Å². The molecule has 2 aliphatic heterocycles. The minimum absolute atomic E-state index is 0.0402. The first-order valence-electron chi connectivity index (χ1n) is 12.5. The zero-order valence-electron chi connectivity index (χ0n) is 21.4. The summed E-state index contributed by atoms with van der Waals surface area (Å²) in [5.41, 5.74) is 1.96. The van der Waals surface area contributed by atoms with Gasteiger partial charge in [-0.1, -0.05) is 12.5 Å². The average molecular weight is 480 g/mol. The fourth-order valence-corrected chi connectivity index (χ4v) is 4.68. The summed E-state index contributed by atoms with van der Waals surface area (Å²) in [6.07, 6.45) is 8.79. The molecule has 1 saturated heterocycles. The van der Waals surface area contributed by atoms with Crippen molar-refractivity contribution < 1.29 is 23.7 Å². The summed E-state index contributed by atoms with van der Waals surface area (Å²) < 4.78 is 23.3. The third-order valence-corrected chi connectivity index (χ3v) is 6.68. The van der Waals surface area contributed by atoms with Crippen molar-refractivity contribution in [1.82, 2.24) is 4.90 Å². The molecule has 0 amide bonds. The molecule has 1 fully saturated rings. The van der Waals surface area contributed by atoms with Crippen LogP contribution in [-0.4, -0.2) is 56.7 Å². The number of hydrogen-bond acceptors (Lipinski definition) is 6. The van der Waals surface area contributed by atoms with Crippen molar-refractivity contribution >= 4 is 11.9 Å². The summed E-state index contributed by atoms with van der Waals surface area (Å²) in [7, 11) is 3.28. The fraction of sp³-hybridized carbons (Fsp3) is 0.483. The molecule has 2 aliphatic rings. The van der Waals surface area contributed by atoms with Crippen LogP contribution in [0.3, 0.4) is 0 Å². The molecule has 2 aromatic carbocycles. The lowest BCUT2D eigenvalue weighted by Crippen LogP contribution is -2.33. The first-order chi connectivity index (χ1) is 16.9. The molecule has 6 heteroatoms. The Kier molecular flexibility index (Phi) is 8.01. The molecular weight excluding hydrogens is 442 g/mol. The second-order valence-corrected chi connectivity index (χ2v) is 9.76. The number of rotatable bonds is 10. The number of methoxy groups -OCH3 is 2. The van der Waals surface area contributed by atoms with Gasteiger partial charge in [0.25, 0.3) is 0 Å². The third kappa shape index (κ3) is 6.17. The molecule has 0 aromatic heterocycles. The van der Waals surface area contributed by atoms with E-state index >= 15 is 0 Å². The van der Waals surface area contributed by atoms with Gasteiger partial charge in [-0.15, -0.1) is 0 Å². The lowest BCUT2D eigenvalue weighted by molar-refractivity contribution is 0.0969. The lowest BCUT2D eigenvalue weighted by Gasteiger charge is -2.30. The van der Waals surface area contributed by atoms with Gasteiger partial charge in [0.2, 0.25) is 0 Å². The van der Waals surface area contributed by atoms with Gasteiger partial charge >= 0.3 is 0 Å². The highest BCUT2D eigenvalue weighted by Crippen LogP contribution is 2.40. The van der Waals surface area contributed by atoms with Crippen molar-refractivity contribution in [2.45, 2.75) is 51.6 Å². The average Bonchev–Trinajstić information content (AvgIpc) is 2.86. The number of aryl methyl sites for hydroxylation is 1. The van der Waals surface area contributed by atoms with Crippen LogP contribution in [0, 0.1) is 0 Å². The second-order valence-electron chi connectivity index (χ2n) is 9.76. The van der Waals surface area contributed by atoms with Gasteiger partial charge in [-0.2, -0.15) is 0 Å². The van der Waals surface area contributed by atoms with Crippen molar-refractivity contribution in [2.24, 2.45) is 0 Å². The Bertz CT molecular complexity index is 1070. The van der Waals surface area contributed by atoms with Crippen molar-refractivity contribution in [1.29, 1.82) is 0 Å². The van der Waals surface area contributed by atoms with Gasteiger partial charge in [-0.25, -0.2) is 0 Å². The highest BCUT2D eigenvalue weighted by molar-refractivity contribution is 6.00. The summed E-state index contributed by atoms with van der Waals surface area (Å²) in [4.78, 5) is 15.7. The summed E-state index contributed by atoms with van der Waals surface area (Å²) >= 11 is 0. The Morgan fingerprint density at radius 1 is 1.00 bits per heavy atom. The summed E-state index contributed by atoms with van der Waals surface area (Å²) in [5, 5.41) is 0. The number of ketones is 1. The first kappa shape index (κ1) is 25.1. The van der Waals surface area contributed by atoms with Crippen molar-refractivity contribution in [3.63, 3.8) is 0 Å². The molecule has 0 radical (unpaired) electrons. The van der Waals surface area contributed by atoms with Crippen LogP contribution in [0.15, 0.2) is 36.4 Å². The molecule has 0 saturated carbocycles. The Morgan fingerprint density at radius 2 is 1.74 bits per heavy atom. The maximum atomic E-state index is 13.2. The van der Waals surface area contributed by atoms with E-state index in [1.54, 1.807) is 20.3 Å². The van der Waals surface area contributed by atoms with Gasteiger partial charge in [0.1, 0.15) is 23.7 Å². The molecular formula is C29H37NO5. The van der Waals surface area contributed by atoms with Gasteiger partial charge in [0.15, 0.2) is 17.3 Å². The van der Waals surface area contributed by atoms with Crippen molar-refractivity contribution in [3.05, 3.63) is 53.1 Å². The normalized spacial score (nSPS) is 16.8. The molecule has 0 bridgehead atoms. The van der Waals surface area contributed by atoms with Crippen molar-refractivity contribution in [3.8, 4) is 23.0 Å². The Labute approximate surface area is 208 Å².